The molecule has 0 bridgehead atoms. The maximum absolute atomic E-state index is 9.69. The lowest BCUT2D eigenvalue weighted by Gasteiger charge is -2.07. The van der Waals surface area contributed by atoms with E-state index >= 15 is 0 Å². The SMILES string of the molecule is FC(F)(F)F.c1ccc([S+](c2ccccc2)c2ccccc2)cc1. The number of halogens is 4. The molecule has 0 heterocycles. The lowest BCUT2D eigenvalue weighted by atomic mass is 10.4. The third-order valence-corrected chi connectivity index (χ3v) is 5.17. The molecule has 0 aliphatic heterocycles. The quantitative estimate of drug-likeness (QED) is 0.386. The van der Waals surface area contributed by atoms with E-state index in [0.717, 1.165) is 0 Å². The average molecular weight is 351 g/mol. The molecule has 0 fully saturated rings. The van der Waals surface area contributed by atoms with Gasteiger partial charge in [-0.15, -0.1) is 17.6 Å². The van der Waals surface area contributed by atoms with Crippen LogP contribution in [0.4, 0.5) is 17.6 Å². The Hall–Kier alpha value is -2.27. The predicted octanol–water partition coefficient (Wildman–Crippen LogP) is 6.26. The topological polar surface area (TPSA) is 0 Å². The average Bonchev–Trinajstić information content (AvgIpc) is 2.57. The molecule has 0 aliphatic rings. The van der Waals surface area contributed by atoms with Gasteiger partial charge in [-0.2, -0.15) is 0 Å². The van der Waals surface area contributed by atoms with Crippen LogP contribution in [0.3, 0.4) is 0 Å². The van der Waals surface area contributed by atoms with Crippen molar-refractivity contribution < 1.29 is 17.6 Å². The molecule has 0 N–H and O–H groups in total. The summed E-state index contributed by atoms with van der Waals surface area (Å²) in [6, 6.07) is 32.2. The van der Waals surface area contributed by atoms with Crippen molar-refractivity contribution in [1.29, 1.82) is 0 Å². The van der Waals surface area contributed by atoms with Crippen LogP contribution < -0.4 is 0 Å². The number of rotatable bonds is 3. The minimum atomic E-state index is -5.50. The second-order valence-electron chi connectivity index (χ2n) is 4.67. The fourth-order valence-corrected chi connectivity index (χ4v) is 4.18. The molecule has 24 heavy (non-hydrogen) atoms. The van der Waals surface area contributed by atoms with E-state index in [1.165, 1.54) is 14.7 Å². The van der Waals surface area contributed by atoms with E-state index < -0.39 is 6.43 Å². The molecule has 0 saturated heterocycles. The van der Waals surface area contributed by atoms with Gasteiger partial charge in [-0.1, -0.05) is 54.6 Å². The van der Waals surface area contributed by atoms with Crippen LogP contribution in [-0.4, -0.2) is 6.43 Å². The van der Waals surface area contributed by atoms with Crippen LogP contribution in [-0.2, 0) is 10.9 Å². The zero-order valence-corrected chi connectivity index (χ0v) is 13.4. The van der Waals surface area contributed by atoms with Gasteiger partial charge in [-0.25, -0.2) is 0 Å². The second-order valence-corrected chi connectivity index (χ2v) is 6.70. The van der Waals surface area contributed by atoms with E-state index in [1.807, 2.05) is 0 Å². The third kappa shape index (κ3) is 6.08. The van der Waals surface area contributed by atoms with Gasteiger partial charge in [0.2, 0.25) is 0 Å². The summed E-state index contributed by atoms with van der Waals surface area (Å²) >= 11 is 0. The molecule has 0 spiro atoms. The highest BCUT2D eigenvalue weighted by Gasteiger charge is 2.27. The zero-order chi connectivity index (χ0) is 17.4. The van der Waals surface area contributed by atoms with E-state index in [1.54, 1.807) is 0 Å². The lowest BCUT2D eigenvalue weighted by molar-refractivity contribution is -0.237. The van der Waals surface area contributed by atoms with Crippen molar-refractivity contribution in [3.63, 3.8) is 0 Å². The fraction of sp³-hybridized carbons (Fsp3) is 0.0526. The highest BCUT2D eigenvalue weighted by Crippen LogP contribution is 2.30. The first-order valence-electron chi connectivity index (χ1n) is 7.10. The van der Waals surface area contributed by atoms with Gasteiger partial charge in [-0.05, 0) is 36.4 Å². The van der Waals surface area contributed by atoms with Gasteiger partial charge in [-0.3, -0.25) is 0 Å². The van der Waals surface area contributed by atoms with Gasteiger partial charge in [0.15, 0.2) is 14.7 Å². The van der Waals surface area contributed by atoms with Crippen molar-refractivity contribution in [3.05, 3.63) is 91.0 Å². The summed E-state index contributed by atoms with van der Waals surface area (Å²) in [4.78, 5) is 4.08. The van der Waals surface area contributed by atoms with E-state index in [-0.39, 0.29) is 10.9 Å². The Morgan fingerprint density at radius 1 is 0.458 bits per heavy atom. The Labute approximate surface area is 141 Å². The van der Waals surface area contributed by atoms with E-state index in [9.17, 15) is 17.6 Å². The van der Waals surface area contributed by atoms with Crippen molar-refractivity contribution in [2.45, 2.75) is 21.1 Å². The van der Waals surface area contributed by atoms with Crippen LogP contribution in [0.1, 0.15) is 0 Å². The van der Waals surface area contributed by atoms with Crippen molar-refractivity contribution >= 4 is 10.9 Å². The van der Waals surface area contributed by atoms with Crippen LogP contribution in [0.15, 0.2) is 106 Å². The first-order chi connectivity index (χ1) is 11.4. The molecular weight excluding hydrogens is 336 g/mol. The maximum atomic E-state index is 9.69. The molecule has 3 rings (SSSR count). The molecule has 0 saturated carbocycles. The standard InChI is InChI=1S/C18H15S.CF4/c1-4-10-16(11-5-1)19(17-12-6-2-7-13-17)18-14-8-3-9-15-18;2-1(3,4)5/h1-15H;/q+1;. The summed E-state index contributed by atoms with van der Waals surface area (Å²) in [5.41, 5.74) is 0. The molecular formula is C19H15F4S+. The van der Waals surface area contributed by atoms with Gasteiger partial charge < -0.3 is 0 Å². The van der Waals surface area contributed by atoms with E-state index in [2.05, 4.69) is 91.0 Å². The molecule has 0 atom stereocenters. The normalized spacial score (nSPS) is 10.9. The summed E-state index contributed by atoms with van der Waals surface area (Å²) in [6.07, 6.45) is -5.50. The van der Waals surface area contributed by atoms with Gasteiger partial charge in [0, 0.05) is 0 Å². The van der Waals surface area contributed by atoms with E-state index in [4.69, 9.17) is 0 Å². The van der Waals surface area contributed by atoms with Crippen LogP contribution in [0.25, 0.3) is 0 Å². The fourth-order valence-electron chi connectivity index (χ4n) is 2.08. The molecule has 124 valence electrons. The van der Waals surface area contributed by atoms with Crippen LogP contribution in [0.5, 0.6) is 0 Å². The van der Waals surface area contributed by atoms with Crippen molar-refractivity contribution in [1.82, 2.24) is 0 Å². The minimum absolute atomic E-state index is 0.0146. The molecule has 0 aliphatic carbocycles. The Balaban J connectivity index is 0.000000368. The van der Waals surface area contributed by atoms with Gasteiger partial charge in [0.1, 0.15) is 0 Å². The zero-order valence-electron chi connectivity index (χ0n) is 12.6. The Kier molecular flexibility index (Phi) is 6.44. The number of alkyl halides is 4. The molecule has 0 radical (unpaired) electrons. The highest BCUT2D eigenvalue weighted by atomic mass is 32.2. The molecule has 0 nitrogen and oxygen atoms in total. The number of hydrogen-bond acceptors (Lipinski definition) is 0. The third-order valence-electron chi connectivity index (χ3n) is 2.94. The number of hydrogen-bond donors (Lipinski definition) is 0. The second kappa shape index (κ2) is 8.55. The minimum Gasteiger partial charge on any atom is -0.140 e. The van der Waals surface area contributed by atoms with Gasteiger partial charge >= 0.3 is 6.43 Å². The number of benzene rings is 3. The van der Waals surface area contributed by atoms with Crippen LogP contribution in [0, 0.1) is 0 Å². The molecule has 0 aromatic heterocycles. The lowest BCUT2D eigenvalue weighted by Crippen LogP contribution is -2.04. The van der Waals surface area contributed by atoms with Gasteiger partial charge in [0.05, 0.1) is 10.9 Å². The largest absolute Gasteiger partial charge is 0.559 e. The molecule has 5 heteroatoms. The monoisotopic (exact) mass is 351 g/mol. The maximum Gasteiger partial charge on any atom is 0.559 e. The molecule has 0 unspecified atom stereocenters. The molecule has 3 aromatic rings. The summed E-state index contributed by atoms with van der Waals surface area (Å²) in [6.45, 7) is 0. The Morgan fingerprint density at radius 2 is 0.667 bits per heavy atom. The van der Waals surface area contributed by atoms with Crippen molar-refractivity contribution in [3.8, 4) is 0 Å². The van der Waals surface area contributed by atoms with Crippen LogP contribution >= 0.6 is 0 Å². The molecule has 0 amide bonds. The van der Waals surface area contributed by atoms with Crippen molar-refractivity contribution in [2.24, 2.45) is 0 Å². The first kappa shape index (κ1) is 18.1. The van der Waals surface area contributed by atoms with Crippen molar-refractivity contribution in [2.75, 3.05) is 0 Å². The van der Waals surface area contributed by atoms with Crippen LogP contribution in [0.2, 0.25) is 0 Å². The predicted molar refractivity (Wildman–Crippen MR) is 88.7 cm³/mol. The smallest absolute Gasteiger partial charge is 0.140 e. The summed E-state index contributed by atoms with van der Waals surface area (Å²) in [7, 11) is -0.0146. The highest BCUT2D eigenvalue weighted by molar-refractivity contribution is 7.97. The summed E-state index contributed by atoms with van der Waals surface area (Å²) < 4.78 is 38.8. The Morgan fingerprint density at radius 3 is 0.875 bits per heavy atom. The molecule has 3 aromatic carbocycles. The Bertz CT molecular complexity index is 613. The first-order valence-corrected chi connectivity index (χ1v) is 8.33. The van der Waals surface area contributed by atoms with E-state index in [0.29, 0.717) is 0 Å². The summed E-state index contributed by atoms with van der Waals surface area (Å²) in [5.74, 6) is 0. The van der Waals surface area contributed by atoms with Gasteiger partial charge in [0.25, 0.3) is 0 Å². The summed E-state index contributed by atoms with van der Waals surface area (Å²) in [5, 5.41) is 0.